The number of fused-ring (bicyclic) bond motifs is 1. The number of esters is 2. The number of hydrogen-bond donors (Lipinski definition) is 0. The number of nitrogens with zero attached hydrogens (tertiary/aromatic N) is 2. The van der Waals surface area contributed by atoms with Crippen LogP contribution in [0.3, 0.4) is 0 Å². The lowest BCUT2D eigenvalue weighted by Gasteiger charge is -2.04. The molecule has 0 fully saturated rings. The van der Waals surface area contributed by atoms with Crippen molar-refractivity contribution in [3.05, 3.63) is 42.7 Å². The second kappa shape index (κ2) is 6.51. The first-order chi connectivity index (χ1) is 9.70. The number of carbonyl (C=O) groups is 2. The van der Waals surface area contributed by atoms with Crippen LogP contribution in [-0.4, -0.2) is 35.2 Å². The molecule has 0 saturated heterocycles. The molecule has 0 aliphatic heterocycles. The van der Waals surface area contributed by atoms with Crippen LogP contribution in [0.1, 0.15) is 0 Å². The fraction of sp³-hybridized carbons (Fsp3) is 0.214. The number of imidazole rings is 1. The van der Waals surface area contributed by atoms with E-state index in [1.165, 1.54) is 7.11 Å². The van der Waals surface area contributed by atoms with E-state index >= 15 is 0 Å². The van der Waals surface area contributed by atoms with Gasteiger partial charge in [0.1, 0.15) is 6.61 Å². The lowest BCUT2D eigenvalue weighted by atomic mass is 10.3. The fourth-order valence-electron chi connectivity index (χ4n) is 1.69. The van der Waals surface area contributed by atoms with Crippen LogP contribution >= 0.6 is 0 Å². The Morgan fingerprint density at radius 2 is 2.00 bits per heavy atom. The summed E-state index contributed by atoms with van der Waals surface area (Å²) in [5, 5.41) is 0. The van der Waals surface area contributed by atoms with Gasteiger partial charge in [-0.15, -0.1) is 0 Å². The Kier molecular flexibility index (Phi) is 4.49. The molecule has 0 bridgehead atoms. The summed E-state index contributed by atoms with van der Waals surface area (Å²) in [7, 11) is 1.24. The Hall–Kier alpha value is -2.63. The highest BCUT2D eigenvalue weighted by Gasteiger charge is 2.03. The normalized spacial score (nSPS) is 10.8. The van der Waals surface area contributed by atoms with Crippen LogP contribution < -0.4 is 0 Å². The first kappa shape index (κ1) is 13.8. The topological polar surface area (TPSA) is 70.4 Å². The molecule has 6 nitrogen and oxygen atoms in total. The molecule has 0 N–H and O–H groups in total. The summed E-state index contributed by atoms with van der Waals surface area (Å²) >= 11 is 0. The second-order valence-electron chi connectivity index (χ2n) is 3.95. The summed E-state index contributed by atoms with van der Waals surface area (Å²) in [4.78, 5) is 26.3. The smallest absolute Gasteiger partial charge is 0.331 e. The molecule has 1 aromatic heterocycles. The molecule has 0 saturated carbocycles. The van der Waals surface area contributed by atoms with Gasteiger partial charge in [-0.1, -0.05) is 12.1 Å². The molecule has 0 unspecified atom stereocenters. The Morgan fingerprint density at radius 3 is 2.80 bits per heavy atom. The van der Waals surface area contributed by atoms with Crippen LogP contribution in [0.5, 0.6) is 0 Å². The number of carbonyl (C=O) groups excluding carboxylic acids is 2. The van der Waals surface area contributed by atoms with Crippen molar-refractivity contribution in [3.63, 3.8) is 0 Å². The average Bonchev–Trinajstić information content (AvgIpc) is 2.88. The van der Waals surface area contributed by atoms with Crippen LogP contribution in [0.25, 0.3) is 11.0 Å². The van der Waals surface area contributed by atoms with E-state index in [0.29, 0.717) is 6.54 Å². The molecule has 0 spiro atoms. The predicted octanol–water partition coefficient (Wildman–Crippen LogP) is 1.31. The highest BCUT2D eigenvalue weighted by Crippen LogP contribution is 2.11. The third kappa shape index (κ3) is 3.44. The Morgan fingerprint density at radius 1 is 1.25 bits per heavy atom. The van der Waals surface area contributed by atoms with Gasteiger partial charge in [-0.05, 0) is 12.1 Å². The molecule has 104 valence electrons. The lowest BCUT2D eigenvalue weighted by molar-refractivity contribution is -0.139. The van der Waals surface area contributed by atoms with Crippen LogP contribution in [0.2, 0.25) is 0 Å². The van der Waals surface area contributed by atoms with E-state index in [-0.39, 0.29) is 6.61 Å². The van der Waals surface area contributed by atoms with Crippen LogP contribution in [-0.2, 0) is 25.6 Å². The molecule has 1 aromatic carbocycles. The van der Waals surface area contributed by atoms with Crippen molar-refractivity contribution in [3.8, 4) is 0 Å². The van der Waals surface area contributed by atoms with Crippen molar-refractivity contribution in [1.82, 2.24) is 9.55 Å². The largest absolute Gasteiger partial charge is 0.466 e. The minimum absolute atomic E-state index is 0.199. The van der Waals surface area contributed by atoms with Crippen molar-refractivity contribution < 1.29 is 19.1 Å². The number of hydrogen-bond acceptors (Lipinski definition) is 5. The average molecular weight is 274 g/mol. The highest BCUT2D eigenvalue weighted by molar-refractivity contribution is 5.91. The standard InChI is InChI=1S/C14H14N2O4/c1-19-13(17)6-7-14(18)20-9-8-16-10-15-11-4-2-3-5-12(11)16/h2-7,10H,8-9H2,1H3/b7-6+. The van der Waals surface area contributed by atoms with Crippen molar-refractivity contribution in [2.24, 2.45) is 0 Å². The van der Waals surface area contributed by atoms with Crippen molar-refractivity contribution in [1.29, 1.82) is 0 Å². The molecule has 20 heavy (non-hydrogen) atoms. The number of rotatable bonds is 5. The summed E-state index contributed by atoms with van der Waals surface area (Å²) in [6.45, 7) is 0.697. The third-order valence-corrected chi connectivity index (χ3v) is 2.66. The summed E-state index contributed by atoms with van der Waals surface area (Å²) in [5.74, 6) is -1.18. The van der Waals surface area contributed by atoms with Gasteiger partial charge in [0.25, 0.3) is 0 Å². The van der Waals surface area contributed by atoms with E-state index in [2.05, 4.69) is 9.72 Å². The Labute approximate surface area is 115 Å². The van der Waals surface area contributed by atoms with Gasteiger partial charge in [0, 0.05) is 12.2 Å². The number of aromatic nitrogens is 2. The van der Waals surface area contributed by atoms with E-state index in [1.54, 1.807) is 6.33 Å². The molecule has 0 atom stereocenters. The lowest BCUT2D eigenvalue weighted by Crippen LogP contribution is -2.09. The van der Waals surface area contributed by atoms with E-state index in [1.807, 2.05) is 28.8 Å². The molecule has 6 heteroatoms. The zero-order valence-corrected chi connectivity index (χ0v) is 11.0. The molecule has 0 aliphatic carbocycles. The zero-order chi connectivity index (χ0) is 14.4. The van der Waals surface area contributed by atoms with Gasteiger partial charge in [-0.25, -0.2) is 14.6 Å². The molecule has 0 radical (unpaired) electrons. The van der Waals surface area contributed by atoms with E-state index in [0.717, 1.165) is 23.2 Å². The Bertz CT molecular complexity index is 645. The quantitative estimate of drug-likeness (QED) is 0.607. The molecule has 0 amide bonds. The van der Waals surface area contributed by atoms with E-state index in [9.17, 15) is 9.59 Å². The van der Waals surface area contributed by atoms with Crippen LogP contribution in [0.15, 0.2) is 42.7 Å². The highest BCUT2D eigenvalue weighted by atomic mass is 16.5. The summed E-state index contributed by atoms with van der Waals surface area (Å²) in [6.07, 6.45) is 3.76. The molecule has 1 heterocycles. The molecule has 2 aromatic rings. The van der Waals surface area contributed by atoms with Crippen molar-refractivity contribution in [2.45, 2.75) is 6.54 Å². The number of para-hydroxylation sites is 2. The van der Waals surface area contributed by atoms with Gasteiger partial charge >= 0.3 is 11.9 Å². The number of benzene rings is 1. The maximum absolute atomic E-state index is 11.3. The zero-order valence-electron chi connectivity index (χ0n) is 11.0. The van der Waals surface area contributed by atoms with Gasteiger partial charge < -0.3 is 14.0 Å². The van der Waals surface area contributed by atoms with Gasteiger partial charge in [0.05, 0.1) is 31.0 Å². The monoisotopic (exact) mass is 274 g/mol. The van der Waals surface area contributed by atoms with Crippen LogP contribution in [0, 0.1) is 0 Å². The molecular formula is C14H14N2O4. The molecule has 0 aliphatic rings. The molecule has 2 rings (SSSR count). The fourth-order valence-corrected chi connectivity index (χ4v) is 1.69. The SMILES string of the molecule is COC(=O)/C=C/C(=O)OCCn1cnc2ccccc21. The Balaban J connectivity index is 1.85. The number of ether oxygens (including phenoxy) is 2. The first-order valence-electron chi connectivity index (χ1n) is 6.03. The maximum Gasteiger partial charge on any atom is 0.331 e. The molecular weight excluding hydrogens is 260 g/mol. The van der Waals surface area contributed by atoms with Gasteiger partial charge in [-0.3, -0.25) is 0 Å². The van der Waals surface area contributed by atoms with E-state index < -0.39 is 11.9 Å². The van der Waals surface area contributed by atoms with Crippen LogP contribution in [0.4, 0.5) is 0 Å². The summed E-state index contributed by atoms with van der Waals surface area (Å²) in [6, 6.07) is 7.70. The minimum atomic E-state index is -0.595. The van der Waals surface area contributed by atoms with Crippen molar-refractivity contribution >= 4 is 23.0 Å². The van der Waals surface area contributed by atoms with Gasteiger partial charge in [-0.2, -0.15) is 0 Å². The summed E-state index contributed by atoms with van der Waals surface area (Å²) in [5.41, 5.74) is 1.87. The maximum atomic E-state index is 11.3. The van der Waals surface area contributed by atoms with Gasteiger partial charge in [0.15, 0.2) is 0 Å². The number of methoxy groups -OCH3 is 1. The van der Waals surface area contributed by atoms with E-state index in [4.69, 9.17) is 4.74 Å². The second-order valence-corrected chi connectivity index (χ2v) is 3.95. The first-order valence-corrected chi connectivity index (χ1v) is 6.03. The van der Waals surface area contributed by atoms with Crippen molar-refractivity contribution in [2.75, 3.05) is 13.7 Å². The third-order valence-electron chi connectivity index (χ3n) is 2.66. The minimum Gasteiger partial charge on any atom is -0.466 e. The summed E-state index contributed by atoms with van der Waals surface area (Å²) < 4.78 is 11.2. The predicted molar refractivity (Wildman–Crippen MR) is 71.8 cm³/mol. The van der Waals surface area contributed by atoms with Gasteiger partial charge in [0.2, 0.25) is 0 Å².